The van der Waals surface area contributed by atoms with Crippen LogP contribution in [0.25, 0.3) is 11.1 Å². The van der Waals surface area contributed by atoms with Crippen molar-refractivity contribution in [2.45, 2.75) is 73.1 Å². The normalized spacial score (nSPS) is 12.4. The van der Waals surface area contributed by atoms with Gasteiger partial charge in [-0.3, -0.25) is 0 Å². The number of benzene rings is 2. The van der Waals surface area contributed by atoms with E-state index in [1.54, 1.807) is 44.5 Å². The summed E-state index contributed by atoms with van der Waals surface area (Å²) in [4.78, 5) is 0. The maximum atomic E-state index is 2.35. The van der Waals surface area contributed by atoms with Gasteiger partial charge in [-0.15, -0.1) is 0 Å². The summed E-state index contributed by atoms with van der Waals surface area (Å²) < 4.78 is 0. The second-order valence-corrected chi connectivity index (χ2v) is 6.66. The molecule has 0 atom stereocenters. The molecule has 0 N–H and O–H groups in total. The molecule has 0 radical (unpaired) electrons. The van der Waals surface area contributed by atoms with Crippen molar-refractivity contribution < 1.29 is 0 Å². The van der Waals surface area contributed by atoms with Crippen molar-refractivity contribution in [3.63, 3.8) is 0 Å². The van der Waals surface area contributed by atoms with Crippen LogP contribution in [0.3, 0.4) is 0 Å². The van der Waals surface area contributed by atoms with Crippen LogP contribution in [-0.4, -0.2) is 0 Å². The van der Waals surface area contributed by atoms with Crippen molar-refractivity contribution in [1.82, 2.24) is 0 Å². The van der Waals surface area contributed by atoms with Gasteiger partial charge in [-0.25, -0.2) is 0 Å². The molecule has 1 aliphatic rings. The van der Waals surface area contributed by atoms with Crippen LogP contribution in [0.2, 0.25) is 0 Å². The topological polar surface area (TPSA) is 0 Å². The highest BCUT2D eigenvalue weighted by molar-refractivity contribution is 5.85. The van der Waals surface area contributed by atoms with Crippen LogP contribution in [0, 0.1) is 0 Å². The van der Waals surface area contributed by atoms with Gasteiger partial charge in [0.25, 0.3) is 0 Å². The molecule has 0 saturated heterocycles. The Kier molecular flexibility index (Phi) is 4.62. The number of hydrogen-bond acceptors (Lipinski definition) is 0. The van der Waals surface area contributed by atoms with E-state index in [4.69, 9.17) is 0 Å². The third kappa shape index (κ3) is 2.35. The Bertz CT molecular complexity index is 734. The van der Waals surface area contributed by atoms with E-state index in [9.17, 15) is 0 Å². The Balaban J connectivity index is 2.43. The Morgan fingerprint density at radius 1 is 0.652 bits per heavy atom. The fourth-order valence-electron chi connectivity index (χ4n) is 4.80. The van der Waals surface area contributed by atoms with Crippen molar-refractivity contribution in [3.8, 4) is 11.1 Å². The Morgan fingerprint density at radius 3 is 1.83 bits per heavy atom. The molecule has 0 spiro atoms. The SMILES string of the molecule is CCc1cccc2c1-c1c(CC)c(CC)c(CC)c(CC)c1C2. The minimum atomic E-state index is 1.13. The molecule has 0 heteroatoms. The summed E-state index contributed by atoms with van der Waals surface area (Å²) in [6.07, 6.45) is 6.92. The summed E-state index contributed by atoms with van der Waals surface area (Å²) >= 11 is 0. The van der Waals surface area contributed by atoms with Gasteiger partial charge in [-0.2, -0.15) is 0 Å². The summed E-state index contributed by atoms with van der Waals surface area (Å²) in [7, 11) is 0. The molecule has 122 valence electrons. The van der Waals surface area contributed by atoms with E-state index in [1.807, 2.05) is 0 Å². The molecule has 1 aliphatic carbocycles. The second-order valence-electron chi connectivity index (χ2n) is 6.66. The van der Waals surface area contributed by atoms with Gasteiger partial charge >= 0.3 is 0 Å². The molecule has 0 amide bonds. The third-order valence-electron chi connectivity index (χ3n) is 5.71. The zero-order valence-corrected chi connectivity index (χ0v) is 15.5. The molecule has 23 heavy (non-hydrogen) atoms. The maximum Gasteiger partial charge on any atom is -0.00104 e. The predicted octanol–water partition coefficient (Wildman–Crippen LogP) is 6.07. The summed E-state index contributed by atoms with van der Waals surface area (Å²) in [6, 6.07) is 6.94. The van der Waals surface area contributed by atoms with E-state index in [0.29, 0.717) is 0 Å². The standard InChI is InChI=1S/C23H30/c1-6-15-12-11-13-16-14-21-19(9-4)17(7-2)18(8-3)20(10-5)23(21)22(15)16/h11-13H,6-10,14H2,1-5H3. The first kappa shape index (κ1) is 16.3. The van der Waals surface area contributed by atoms with E-state index in [-0.39, 0.29) is 0 Å². The lowest BCUT2D eigenvalue weighted by atomic mass is 9.82. The van der Waals surface area contributed by atoms with Crippen LogP contribution in [-0.2, 0) is 38.5 Å². The first-order valence-corrected chi connectivity index (χ1v) is 9.50. The molecular weight excluding hydrogens is 276 g/mol. The van der Waals surface area contributed by atoms with Crippen LogP contribution in [0.15, 0.2) is 18.2 Å². The number of fused-ring (bicyclic) bond motifs is 3. The monoisotopic (exact) mass is 306 g/mol. The van der Waals surface area contributed by atoms with E-state index in [2.05, 4.69) is 52.8 Å². The summed E-state index contributed by atoms with van der Waals surface area (Å²) in [6.45, 7) is 11.6. The smallest absolute Gasteiger partial charge is 0.00104 e. The largest absolute Gasteiger partial charge is 0.0617 e. The molecule has 0 fully saturated rings. The number of rotatable bonds is 5. The molecular formula is C23H30. The van der Waals surface area contributed by atoms with Crippen LogP contribution in [0.5, 0.6) is 0 Å². The quantitative estimate of drug-likeness (QED) is 0.536. The number of hydrogen-bond donors (Lipinski definition) is 0. The van der Waals surface area contributed by atoms with Gasteiger partial charge in [0.2, 0.25) is 0 Å². The lowest BCUT2D eigenvalue weighted by molar-refractivity contribution is 0.932. The third-order valence-corrected chi connectivity index (χ3v) is 5.71. The second kappa shape index (κ2) is 6.51. The predicted molar refractivity (Wildman–Crippen MR) is 102 cm³/mol. The van der Waals surface area contributed by atoms with Crippen molar-refractivity contribution in [3.05, 3.63) is 57.1 Å². The fraction of sp³-hybridized carbons (Fsp3) is 0.478. The van der Waals surface area contributed by atoms with Crippen molar-refractivity contribution in [2.75, 3.05) is 0 Å². The fourth-order valence-corrected chi connectivity index (χ4v) is 4.80. The zero-order valence-electron chi connectivity index (χ0n) is 15.5. The van der Waals surface area contributed by atoms with E-state index >= 15 is 0 Å². The summed E-state index contributed by atoms with van der Waals surface area (Å²) in [5.41, 5.74) is 14.5. The zero-order chi connectivity index (χ0) is 16.6. The van der Waals surface area contributed by atoms with Gasteiger partial charge in [0.1, 0.15) is 0 Å². The van der Waals surface area contributed by atoms with Crippen LogP contribution >= 0.6 is 0 Å². The van der Waals surface area contributed by atoms with Crippen molar-refractivity contribution in [1.29, 1.82) is 0 Å². The average molecular weight is 306 g/mol. The van der Waals surface area contributed by atoms with Crippen molar-refractivity contribution in [2.24, 2.45) is 0 Å². The van der Waals surface area contributed by atoms with Gasteiger partial charge in [0, 0.05) is 0 Å². The molecule has 2 aromatic carbocycles. The summed E-state index contributed by atoms with van der Waals surface area (Å²) in [5, 5.41) is 0. The molecule has 2 aromatic rings. The first-order valence-electron chi connectivity index (χ1n) is 9.50. The molecule has 3 rings (SSSR count). The van der Waals surface area contributed by atoms with E-state index in [1.165, 1.54) is 12.0 Å². The van der Waals surface area contributed by atoms with Gasteiger partial charge in [0.05, 0.1) is 0 Å². The highest BCUT2D eigenvalue weighted by Crippen LogP contribution is 2.46. The maximum absolute atomic E-state index is 2.35. The highest BCUT2D eigenvalue weighted by atomic mass is 14.3. The van der Waals surface area contributed by atoms with Gasteiger partial charge in [0.15, 0.2) is 0 Å². The Hall–Kier alpha value is -1.56. The Labute approximate surface area is 141 Å². The average Bonchev–Trinajstić information content (AvgIpc) is 2.98. The minimum absolute atomic E-state index is 1.13. The van der Waals surface area contributed by atoms with E-state index in [0.717, 1.165) is 32.1 Å². The van der Waals surface area contributed by atoms with Crippen LogP contribution in [0.1, 0.15) is 73.6 Å². The minimum Gasteiger partial charge on any atom is -0.0617 e. The molecule has 0 aliphatic heterocycles. The summed E-state index contributed by atoms with van der Waals surface area (Å²) in [5.74, 6) is 0. The molecule has 0 unspecified atom stereocenters. The van der Waals surface area contributed by atoms with Crippen LogP contribution < -0.4 is 0 Å². The molecule has 0 bridgehead atoms. The van der Waals surface area contributed by atoms with Crippen molar-refractivity contribution >= 4 is 0 Å². The van der Waals surface area contributed by atoms with Gasteiger partial charge in [-0.05, 0) is 88.6 Å². The Morgan fingerprint density at radius 2 is 1.26 bits per heavy atom. The molecule has 0 heterocycles. The van der Waals surface area contributed by atoms with Gasteiger partial charge in [-0.1, -0.05) is 52.8 Å². The lowest BCUT2D eigenvalue weighted by Crippen LogP contribution is -2.08. The van der Waals surface area contributed by atoms with Crippen LogP contribution in [0.4, 0.5) is 0 Å². The van der Waals surface area contributed by atoms with Gasteiger partial charge < -0.3 is 0 Å². The first-order chi connectivity index (χ1) is 11.2. The highest BCUT2D eigenvalue weighted by Gasteiger charge is 2.28. The molecule has 0 nitrogen and oxygen atoms in total. The number of aryl methyl sites for hydroxylation is 1. The van der Waals surface area contributed by atoms with E-state index < -0.39 is 0 Å². The lowest BCUT2D eigenvalue weighted by Gasteiger charge is -2.23. The molecule has 0 saturated carbocycles. The molecule has 0 aromatic heterocycles.